The number of hydrogen-bond acceptors (Lipinski definition) is 1. The summed E-state index contributed by atoms with van der Waals surface area (Å²) >= 11 is 11.4. The van der Waals surface area contributed by atoms with Crippen LogP contribution in [0, 0.1) is 4.77 Å². The van der Waals surface area contributed by atoms with Crippen LogP contribution in [-0.2, 0) is 0 Å². The normalized spacial score (nSPS) is 11.4. The lowest BCUT2D eigenvalue weighted by atomic mass is 10.0. The minimum atomic E-state index is 0.527. The Balaban J connectivity index is 2.19. The average Bonchev–Trinajstić information content (AvgIpc) is 2.73. The number of imidazole rings is 1. The Morgan fingerprint density at radius 1 is 1.10 bits per heavy atom. The summed E-state index contributed by atoms with van der Waals surface area (Å²) in [5.74, 6) is 0.527. The molecule has 102 valence electrons. The van der Waals surface area contributed by atoms with Crippen molar-refractivity contribution in [3.63, 3.8) is 0 Å². The Morgan fingerprint density at radius 3 is 2.45 bits per heavy atom. The quantitative estimate of drug-likeness (QED) is 0.623. The Morgan fingerprint density at radius 2 is 1.80 bits per heavy atom. The second-order valence-electron chi connectivity index (χ2n) is 5.17. The third-order valence-electron chi connectivity index (χ3n) is 3.46. The van der Waals surface area contributed by atoms with Gasteiger partial charge in [0.05, 0.1) is 11.0 Å². The Hall–Kier alpha value is -1.58. The molecule has 0 spiro atoms. The summed E-state index contributed by atoms with van der Waals surface area (Å²) in [6.07, 6.45) is 0. The molecule has 0 saturated heterocycles. The highest BCUT2D eigenvalue weighted by Gasteiger charge is 2.07. The molecule has 3 rings (SSSR count). The lowest BCUT2D eigenvalue weighted by Crippen LogP contribution is -1.95. The van der Waals surface area contributed by atoms with Crippen LogP contribution in [0.2, 0.25) is 5.02 Å². The van der Waals surface area contributed by atoms with E-state index in [-0.39, 0.29) is 0 Å². The van der Waals surface area contributed by atoms with Gasteiger partial charge < -0.3 is 4.98 Å². The second kappa shape index (κ2) is 5.08. The van der Waals surface area contributed by atoms with E-state index in [1.54, 1.807) is 0 Å². The van der Waals surface area contributed by atoms with E-state index in [1.807, 2.05) is 22.8 Å². The number of halogens is 1. The van der Waals surface area contributed by atoms with Crippen molar-refractivity contribution in [3.05, 3.63) is 57.8 Å². The average molecular weight is 303 g/mol. The van der Waals surface area contributed by atoms with E-state index in [0.29, 0.717) is 15.7 Å². The van der Waals surface area contributed by atoms with Crippen LogP contribution >= 0.6 is 23.8 Å². The van der Waals surface area contributed by atoms with Crippen LogP contribution in [-0.4, -0.2) is 9.55 Å². The maximum absolute atomic E-state index is 6.02. The molecule has 0 unspecified atom stereocenters. The van der Waals surface area contributed by atoms with Crippen molar-refractivity contribution < 1.29 is 0 Å². The summed E-state index contributed by atoms with van der Waals surface area (Å²) in [7, 11) is 0. The summed E-state index contributed by atoms with van der Waals surface area (Å²) in [4.78, 5) is 3.20. The van der Waals surface area contributed by atoms with Crippen LogP contribution < -0.4 is 0 Å². The summed E-state index contributed by atoms with van der Waals surface area (Å²) in [6.45, 7) is 4.38. The lowest BCUT2D eigenvalue weighted by Gasteiger charge is -2.08. The van der Waals surface area contributed by atoms with Gasteiger partial charge in [-0.05, 0) is 54.0 Å². The molecule has 0 fully saturated rings. The maximum Gasteiger partial charge on any atom is 0.182 e. The monoisotopic (exact) mass is 302 g/mol. The summed E-state index contributed by atoms with van der Waals surface area (Å²) in [5.41, 5.74) is 4.38. The number of fused-ring (bicyclic) bond motifs is 1. The SMILES string of the molecule is CC(C)c1ccc(-n2c(=S)[nH]c3cc(Cl)ccc32)cc1. The highest BCUT2D eigenvalue weighted by Crippen LogP contribution is 2.24. The number of aromatic amines is 1. The van der Waals surface area contributed by atoms with Gasteiger partial charge in [-0.1, -0.05) is 37.6 Å². The number of aromatic nitrogens is 2. The molecule has 0 aliphatic carbocycles. The molecule has 20 heavy (non-hydrogen) atoms. The van der Waals surface area contributed by atoms with Crippen molar-refractivity contribution in [2.24, 2.45) is 0 Å². The van der Waals surface area contributed by atoms with Gasteiger partial charge in [-0.2, -0.15) is 0 Å². The molecule has 0 aliphatic heterocycles. The minimum Gasteiger partial charge on any atom is -0.330 e. The van der Waals surface area contributed by atoms with Gasteiger partial charge in [-0.3, -0.25) is 4.57 Å². The molecule has 0 saturated carbocycles. The molecule has 2 nitrogen and oxygen atoms in total. The molecule has 0 bridgehead atoms. The Bertz CT molecular complexity index is 813. The van der Waals surface area contributed by atoms with E-state index >= 15 is 0 Å². The molecule has 0 amide bonds. The number of hydrogen-bond donors (Lipinski definition) is 1. The van der Waals surface area contributed by atoms with Crippen molar-refractivity contribution >= 4 is 34.9 Å². The van der Waals surface area contributed by atoms with Crippen LogP contribution in [0.25, 0.3) is 16.7 Å². The van der Waals surface area contributed by atoms with Gasteiger partial charge in [-0.25, -0.2) is 0 Å². The highest BCUT2D eigenvalue weighted by atomic mass is 35.5. The Kier molecular flexibility index (Phi) is 3.40. The topological polar surface area (TPSA) is 20.7 Å². The number of rotatable bonds is 2. The first-order valence-corrected chi connectivity index (χ1v) is 7.35. The summed E-state index contributed by atoms with van der Waals surface area (Å²) in [6, 6.07) is 14.3. The van der Waals surface area contributed by atoms with Crippen molar-refractivity contribution in [1.82, 2.24) is 9.55 Å². The van der Waals surface area contributed by atoms with E-state index in [4.69, 9.17) is 23.8 Å². The third-order valence-corrected chi connectivity index (χ3v) is 3.98. The van der Waals surface area contributed by atoms with Crippen LogP contribution in [0.1, 0.15) is 25.3 Å². The van der Waals surface area contributed by atoms with Crippen molar-refractivity contribution in [1.29, 1.82) is 0 Å². The van der Waals surface area contributed by atoms with E-state index in [1.165, 1.54) is 5.56 Å². The fourth-order valence-electron chi connectivity index (χ4n) is 2.35. The molecule has 1 aromatic heterocycles. The van der Waals surface area contributed by atoms with Gasteiger partial charge in [0.15, 0.2) is 4.77 Å². The van der Waals surface area contributed by atoms with Gasteiger partial charge in [0.1, 0.15) is 0 Å². The van der Waals surface area contributed by atoms with Gasteiger partial charge in [0.25, 0.3) is 0 Å². The predicted molar refractivity (Wildman–Crippen MR) is 87.6 cm³/mol. The maximum atomic E-state index is 6.02. The molecule has 3 aromatic rings. The summed E-state index contributed by atoms with van der Waals surface area (Å²) < 4.78 is 2.71. The van der Waals surface area contributed by atoms with E-state index in [9.17, 15) is 0 Å². The molecule has 1 N–H and O–H groups in total. The fourth-order valence-corrected chi connectivity index (χ4v) is 2.83. The van der Waals surface area contributed by atoms with Crippen LogP contribution in [0.5, 0.6) is 0 Å². The molecule has 0 aliphatic rings. The molecule has 0 radical (unpaired) electrons. The number of nitrogens with zero attached hydrogens (tertiary/aromatic N) is 1. The zero-order valence-electron chi connectivity index (χ0n) is 11.4. The molecule has 1 heterocycles. The van der Waals surface area contributed by atoms with E-state index in [0.717, 1.165) is 16.7 Å². The molecule has 2 aromatic carbocycles. The minimum absolute atomic E-state index is 0.527. The fraction of sp³-hybridized carbons (Fsp3) is 0.188. The van der Waals surface area contributed by atoms with Crippen LogP contribution in [0.3, 0.4) is 0 Å². The van der Waals surface area contributed by atoms with Crippen molar-refractivity contribution in [3.8, 4) is 5.69 Å². The van der Waals surface area contributed by atoms with Gasteiger partial charge in [0.2, 0.25) is 0 Å². The van der Waals surface area contributed by atoms with Crippen molar-refractivity contribution in [2.45, 2.75) is 19.8 Å². The third kappa shape index (κ3) is 2.28. The lowest BCUT2D eigenvalue weighted by molar-refractivity contribution is 0.865. The zero-order valence-corrected chi connectivity index (χ0v) is 12.9. The Labute approximate surface area is 128 Å². The molecular weight excluding hydrogens is 288 g/mol. The molecular formula is C16H15ClN2S. The predicted octanol–water partition coefficient (Wildman–Crippen LogP) is 5.46. The van der Waals surface area contributed by atoms with Gasteiger partial charge in [0, 0.05) is 10.7 Å². The largest absolute Gasteiger partial charge is 0.330 e. The van der Waals surface area contributed by atoms with Gasteiger partial charge in [-0.15, -0.1) is 0 Å². The van der Waals surface area contributed by atoms with E-state index in [2.05, 4.69) is 43.1 Å². The van der Waals surface area contributed by atoms with Gasteiger partial charge >= 0.3 is 0 Å². The first-order chi connectivity index (χ1) is 9.56. The van der Waals surface area contributed by atoms with Crippen LogP contribution in [0.15, 0.2) is 42.5 Å². The second-order valence-corrected chi connectivity index (χ2v) is 6.00. The zero-order chi connectivity index (χ0) is 14.3. The van der Waals surface area contributed by atoms with Crippen LogP contribution in [0.4, 0.5) is 0 Å². The summed E-state index contributed by atoms with van der Waals surface area (Å²) in [5, 5.41) is 0.705. The molecule has 4 heteroatoms. The van der Waals surface area contributed by atoms with E-state index < -0.39 is 0 Å². The number of benzene rings is 2. The number of nitrogens with one attached hydrogen (secondary N) is 1. The smallest absolute Gasteiger partial charge is 0.182 e. The van der Waals surface area contributed by atoms with Crippen molar-refractivity contribution in [2.75, 3.05) is 0 Å². The molecule has 0 atom stereocenters. The first kappa shape index (κ1) is 13.4. The number of H-pyrrole nitrogens is 1. The first-order valence-electron chi connectivity index (χ1n) is 6.57. The standard InChI is InChI=1S/C16H15ClN2S/c1-10(2)11-3-6-13(7-4-11)19-15-8-5-12(17)9-14(15)18-16(19)20/h3-10H,1-2H3,(H,18,20). The highest BCUT2D eigenvalue weighted by molar-refractivity contribution is 7.71.